The van der Waals surface area contributed by atoms with Gasteiger partial charge in [-0.25, -0.2) is 8.42 Å². The fraction of sp³-hybridized carbons (Fsp3) is 0.350. The summed E-state index contributed by atoms with van der Waals surface area (Å²) in [7, 11) is -1.92. The zero-order valence-electron chi connectivity index (χ0n) is 16.1. The number of carbonyl (C=O) groups is 1. The topological polar surface area (TPSA) is 84.9 Å². The maximum Gasteiger partial charge on any atom is 0.251 e. The predicted molar refractivity (Wildman–Crippen MR) is 110 cm³/mol. The molecule has 1 amide bonds. The van der Waals surface area contributed by atoms with E-state index in [1.54, 1.807) is 36.4 Å². The third kappa shape index (κ3) is 5.20. The summed E-state index contributed by atoms with van der Waals surface area (Å²) in [5.41, 5.74) is 0.423. The number of rotatable bonds is 8. The highest BCUT2D eigenvalue weighted by Gasteiger charge is 2.26. The molecule has 0 spiro atoms. The van der Waals surface area contributed by atoms with Gasteiger partial charge in [-0.15, -0.1) is 0 Å². The number of amides is 1. The van der Waals surface area contributed by atoms with Gasteiger partial charge in [-0.3, -0.25) is 4.79 Å². The van der Waals surface area contributed by atoms with Crippen LogP contribution >= 0.6 is 11.6 Å². The lowest BCUT2D eigenvalue weighted by molar-refractivity contribution is 0.0947. The maximum atomic E-state index is 12.5. The van der Waals surface area contributed by atoms with E-state index in [9.17, 15) is 13.2 Å². The Balaban J connectivity index is 1.48. The molecular weight excluding hydrogens is 416 g/mol. The molecule has 1 aliphatic rings. The minimum absolute atomic E-state index is 0.244. The van der Waals surface area contributed by atoms with Crippen LogP contribution in [0.15, 0.2) is 47.4 Å². The van der Waals surface area contributed by atoms with E-state index in [4.69, 9.17) is 21.1 Å². The zero-order chi connectivity index (χ0) is 20.9. The van der Waals surface area contributed by atoms with Crippen molar-refractivity contribution >= 4 is 27.5 Å². The number of halogens is 1. The van der Waals surface area contributed by atoms with Gasteiger partial charge < -0.3 is 14.8 Å². The Morgan fingerprint density at radius 2 is 1.83 bits per heavy atom. The van der Waals surface area contributed by atoms with Crippen LogP contribution in [0.4, 0.5) is 0 Å². The van der Waals surface area contributed by atoms with Crippen LogP contribution in [0.2, 0.25) is 5.02 Å². The molecule has 1 saturated heterocycles. The van der Waals surface area contributed by atoms with Gasteiger partial charge in [-0.1, -0.05) is 11.6 Å². The second-order valence-electron chi connectivity index (χ2n) is 6.54. The molecular formula is C20H23ClN2O5S. The first-order valence-corrected chi connectivity index (χ1v) is 11.1. The number of hydrogen-bond acceptors (Lipinski definition) is 5. The van der Waals surface area contributed by atoms with Gasteiger partial charge in [0.2, 0.25) is 10.0 Å². The average molecular weight is 439 g/mol. The van der Waals surface area contributed by atoms with Gasteiger partial charge in [-0.05, 0) is 55.3 Å². The lowest BCUT2D eigenvalue weighted by atomic mass is 10.2. The minimum atomic E-state index is -3.43. The number of benzene rings is 2. The van der Waals surface area contributed by atoms with Crippen molar-refractivity contribution in [3.05, 3.63) is 53.1 Å². The van der Waals surface area contributed by atoms with Crippen molar-refractivity contribution in [2.45, 2.75) is 17.7 Å². The minimum Gasteiger partial charge on any atom is -0.495 e. The summed E-state index contributed by atoms with van der Waals surface area (Å²) in [6.07, 6.45) is 1.80. The Hall–Kier alpha value is -2.29. The van der Waals surface area contributed by atoms with Crippen LogP contribution < -0.4 is 14.8 Å². The van der Waals surface area contributed by atoms with Crippen LogP contribution in [0.1, 0.15) is 23.2 Å². The predicted octanol–water partition coefficient (Wildman–Crippen LogP) is 2.94. The largest absolute Gasteiger partial charge is 0.495 e. The van der Waals surface area contributed by atoms with Crippen LogP contribution in [0.5, 0.6) is 11.5 Å². The molecule has 0 saturated carbocycles. The molecule has 0 radical (unpaired) electrons. The van der Waals surface area contributed by atoms with Gasteiger partial charge in [-0.2, -0.15) is 4.31 Å². The normalized spacial score (nSPS) is 14.6. The number of nitrogens with zero attached hydrogens (tertiary/aromatic N) is 1. The summed E-state index contributed by atoms with van der Waals surface area (Å²) in [4.78, 5) is 12.4. The van der Waals surface area contributed by atoms with Crippen LogP contribution in [0, 0.1) is 0 Å². The van der Waals surface area contributed by atoms with Gasteiger partial charge in [0, 0.05) is 18.7 Å². The van der Waals surface area contributed by atoms with Crippen LogP contribution in [-0.2, 0) is 10.0 Å². The van der Waals surface area contributed by atoms with Gasteiger partial charge in [0.15, 0.2) is 0 Å². The van der Waals surface area contributed by atoms with Gasteiger partial charge in [0.05, 0.1) is 23.6 Å². The number of hydrogen-bond donors (Lipinski definition) is 1. The molecule has 0 unspecified atom stereocenters. The van der Waals surface area contributed by atoms with Crippen molar-refractivity contribution in [2.24, 2.45) is 0 Å². The Morgan fingerprint density at radius 1 is 1.14 bits per heavy atom. The Kier molecular flexibility index (Phi) is 7.00. The van der Waals surface area contributed by atoms with Crippen molar-refractivity contribution in [2.75, 3.05) is 33.4 Å². The maximum absolute atomic E-state index is 12.5. The molecule has 2 aromatic carbocycles. The zero-order valence-corrected chi connectivity index (χ0v) is 17.6. The SMILES string of the molecule is COc1ccc(C(=O)NCCOc2ccc(S(=O)(=O)N3CCCC3)cc2)cc1Cl. The molecule has 1 heterocycles. The van der Waals surface area contributed by atoms with Gasteiger partial charge >= 0.3 is 0 Å². The van der Waals surface area contributed by atoms with Crippen LogP contribution in [-0.4, -0.2) is 52.0 Å². The molecule has 7 nitrogen and oxygen atoms in total. The molecule has 2 aromatic rings. The summed E-state index contributed by atoms with van der Waals surface area (Å²) < 4.78 is 37.1. The molecule has 156 valence electrons. The summed E-state index contributed by atoms with van der Waals surface area (Å²) in [5, 5.41) is 3.10. The molecule has 1 fully saturated rings. The van der Waals surface area contributed by atoms with E-state index in [0.717, 1.165) is 12.8 Å². The second-order valence-corrected chi connectivity index (χ2v) is 8.88. The average Bonchev–Trinajstić information content (AvgIpc) is 3.27. The standard InChI is InChI=1S/C20H23ClN2O5S/c1-27-19-9-4-15(14-18(19)21)20(24)22-10-13-28-16-5-7-17(8-6-16)29(25,26)23-11-2-3-12-23/h4-9,14H,2-3,10-13H2,1H3,(H,22,24). The smallest absolute Gasteiger partial charge is 0.251 e. The number of ether oxygens (including phenoxy) is 2. The second kappa shape index (κ2) is 9.47. The van der Waals surface area contributed by atoms with Crippen LogP contribution in [0.3, 0.4) is 0 Å². The van der Waals surface area contributed by atoms with E-state index in [2.05, 4.69) is 5.32 Å². The summed E-state index contributed by atoms with van der Waals surface area (Å²) in [5.74, 6) is 0.763. The lowest BCUT2D eigenvalue weighted by Gasteiger charge is -2.15. The molecule has 9 heteroatoms. The van der Waals surface area contributed by atoms with Gasteiger partial charge in [0.25, 0.3) is 5.91 Å². The summed E-state index contributed by atoms with van der Waals surface area (Å²) in [6, 6.07) is 11.1. The van der Waals surface area contributed by atoms with E-state index in [1.165, 1.54) is 17.5 Å². The van der Waals surface area contributed by atoms with E-state index in [0.29, 0.717) is 35.2 Å². The Morgan fingerprint density at radius 3 is 2.45 bits per heavy atom. The number of nitrogens with one attached hydrogen (secondary N) is 1. The highest BCUT2D eigenvalue weighted by atomic mass is 35.5. The van der Waals surface area contributed by atoms with E-state index in [1.807, 2.05) is 0 Å². The first-order valence-electron chi connectivity index (χ1n) is 9.26. The third-order valence-corrected chi connectivity index (χ3v) is 6.81. The Bertz CT molecular complexity index is 957. The summed E-state index contributed by atoms with van der Waals surface area (Å²) in [6.45, 7) is 1.67. The number of methoxy groups -OCH3 is 1. The highest BCUT2D eigenvalue weighted by molar-refractivity contribution is 7.89. The van der Waals surface area contributed by atoms with Crippen molar-refractivity contribution < 1.29 is 22.7 Å². The number of sulfonamides is 1. The molecule has 0 bridgehead atoms. The Labute approximate surface area is 175 Å². The first kappa shape index (κ1) is 21.4. The third-order valence-electron chi connectivity index (χ3n) is 4.60. The molecule has 1 aliphatic heterocycles. The molecule has 1 N–H and O–H groups in total. The highest BCUT2D eigenvalue weighted by Crippen LogP contribution is 2.25. The van der Waals surface area contributed by atoms with E-state index in [-0.39, 0.29) is 24.0 Å². The fourth-order valence-corrected chi connectivity index (χ4v) is 4.80. The van der Waals surface area contributed by atoms with E-state index < -0.39 is 10.0 Å². The molecule has 3 rings (SSSR count). The van der Waals surface area contributed by atoms with Gasteiger partial charge in [0.1, 0.15) is 18.1 Å². The van der Waals surface area contributed by atoms with Crippen LogP contribution in [0.25, 0.3) is 0 Å². The van der Waals surface area contributed by atoms with Crippen molar-refractivity contribution in [3.8, 4) is 11.5 Å². The molecule has 0 atom stereocenters. The monoisotopic (exact) mass is 438 g/mol. The van der Waals surface area contributed by atoms with Crippen molar-refractivity contribution in [1.29, 1.82) is 0 Å². The van der Waals surface area contributed by atoms with Crippen molar-refractivity contribution in [3.63, 3.8) is 0 Å². The molecule has 29 heavy (non-hydrogen) atoms. The van der Waals surface area contributed by atoms with Crippen molar-refractivity contribution in [1.82, 2.24) is 9.62 Å². The number of carbonyl (C=O) groups excluding carboxylic acids is 1. The van der Waals surface area contributed by atoms with E-state index >= 15 is 0 Å². The lowest BCUT2D eigenvalue weighted by Crippen LogP contribution is -2.28. The molecule has 0 aromatic heterocycles. The first-order chi connectivity index (χ1) is 13.9. The summed E-state index contributed by atoms with van der Waals surface area (Å²) >= 11 is 6.03. The fourth-order valence-electron chi connectivity index (χ4n) is 3.03. The molecule has 0 aliphatic carbocycles. The quantitative estimate of drug-likeness (QED) is 0.640.